The average Bonchev–Trinajstić information content (AvgIpc) is 3.37. The van der Waals surface area contributed by atoms with Gasteiger partial charge < -0.3 is 20.1 Å². The minimum atomic E-state index is -0.231. The lowest BCUT2D eigenvalue weighted by Crippen LogP contribution is -2.25. The van der Waals surface area contributed by atoms with Crippen LogP contribution in [-0.2, 0) is 4.74 Å². The Balaban J connectivity index is 1.33. The molecule has 28 heavy (non-hydrogen) atoms. The lowest BCUT2D eigenvalue weighted by molar-refractivity contribution is 0.0679. The van der Waals surface area contributed by atoms with Crippen molar-refractivity contribution < 1.29 is 19.1 Å². The summed E-state index contributed by atoms with van der Waals surface area (Å²) in [5.74, 6) is 0.377. The molecular weight excluding hydrogens is 356 g/mol. The Morgan fingerprint density at radius 2 is 1.82 bits per heavy atom. The molecule has 0 spiro atoms. The first-order valence-electron chi connectivity index (χ1n) is 9.74. The van der Waals surface area contributed by atoms with Crippen molar-refractivity contribution in [2.45, 2.75) is 37.8 Å². The van der Waals surface area contributed by atoms with Crippen LogP contribution in [0.4, 0.5) is 5.69 Å². The van der Waals surface area contributed by atoms with Crippen molar-refractivity contribution in [1.82, 2.24) is 5.32 Å². The van der Waals surface area contributed by atoms with Gasteiger partial charge >= 0.3 is 0 Å². The van der Waals surface area contributed by atoms with Gasteiger partial charge in [-0.25, -0.2) is 0 Å². The van der Waals surface area contributed by atoms with Crippen molar-refractivity contribution in [1.29, 1.82) is 0 Å². The highest BCUT2D eigenvalue weighted by molar-refractivity contribution is 6.05. The van der Waals surface area contributed by atoms with Crippen LogP contribution in [-0.4, -0.2) is 37.2 Å². The van der Waals surface area contributed by atoms with Gasteiger partial charge in [-0.3, -0.25) is 9.59 Å². The fraction of sp³-hybridized carbons (Fsp3) is 0.364. The predicted molar refractivity (Wildman–Crippen MR) is 106 cm³/mol. The number of nitrogens with one attached hydrogen (secondary N) is 2. The van der Waals surface area contributed by atoms with E-state index in [1.54, 1.807) is 48.5 Å². The highest BCUT2D eigenvalue weighted by atomic mass is 16.5. The smallest absolute Gasteiger partial charge is 0.255 e. The highest BCUT2D eigenvalue weighted by Gasteiger charge is 2.23. The van der Waals surface area contributed by atoms with Crippen LogP contribution in [0.5, 0.6) is 5.75 Å². The predicted octanol–water partition coefficient (Wildman–Crippen LogP) is 3.39. The lowest BCUT2D eigenvalue weighted by Gasteiger charge is -2.12. The summed E-state index contributed by atoms with van der Waals surface area (Å²) in [6.45, 7) is 1.33. The lowest BCUT2D eigenvalue weighted by atomic mass is 10.1. The Hall–Kier alpha value is -2.86. The fourth-order valence-corrected chi connectivity index (χ4v) is 3.11. The number of rotatable bonds is 7. The van der Waals surface area contributed by atoms with Gasteiger partial charge in [0.2, 0.25) is 0 Å². The Morgan fingerprint density at radius 3 is 2.54 bits per heavy atom. The van der Waals surface area contributed by atoms with E-state index in [0.717, 1.165) is 32.3 Å². The van der Waals surface area contributed by atoms with E-state index in [0.29, 0.717) is 35.2 Å². The molecule has 2 aromatic rings. The van der Waals surface area contributed by atoms with Crippen molar-refractivity contribution in [2.24, 2.45) is 0 Å². The molecule has 2 N–H and O–H groups in total. The van der Waals surface area contributed by atoms with E-state index in [9.17, 15) is 9.59 Å². The average molecular weight is 380 g/mol. The van der Waals surface area contributed by atoms with Gasteiger partial charge in [-0.1, -0.05) is 6.07 Å². The van der Waals surface area contributed by atoms with E-state index in [1.807, 2.05) is 0 Å². The Kier molecular flexibility index (Phi) is 5.58. The minimum absolute atomic E-state index is 0.105. The molecule has 1 saturated carbocycles. The molecule has 4 rings (SSSR count). The molecule has 1 aliphatic carbocycles. The molecule has 6 heteroatoms. The molecule has 1 saturated heterocycles. The van der Waals surface area contributed by atoms with E-state index in [1.165, 1.54) is 0 Å². The van der Waals surface area contributed by atoms with Crippen molar-refractivity contribution in [3.05, 3.63) is 59.7 Å². The number of hydrogen-bond donors (Lipinski definition) is 2. The summed E-state index contributed by atoms with van der Waals surface area (Å²) in [4.78, 5) is 24.6. The van der Waals surface area contributed by atoms with Crippen molar-refractivity contribution in [2.75, 3.05) is 18.5 Å². The number of hydrogen-bond acceptors (Lipinski definition) is 4. The zero-order chi connectivity index (χ0) is 19.3. The molecular formula is C22H24N2O4. The van der Waals surface area contributed by atoms with Gasteiger partial charge in [0.15, 0.2) is 0 Å². The maximum atomic E-state index is 12.5. The first kappa shape index (κ1) is 18.5. The van der Waals surface area contributed by atoms with Gasteiger partial charge in [0.1, 0.15) is 12.4 Å². The third-order valence-corrected chi connectivity index (χ3v) is 4.87. The molecule has 2 aromatic carbocycles. The Bertz CT molecular complexity index is 840. The highest BCUT2D eigenvalue weighted by Crippen LogP contribution is 2.21. The zero-order valence-electron chi connectivity index (χ0n) is 15.6. The van der Waals surface area contributed by atoms with Crippen molar-refractivity contribution >= 4 is 17.5 Å². The van der Waals surface area contributed by atoms with Crippen LogP contribution < -0.4 is 15.4 Å². The summed E-state index contributed by atoms with van der Waals surface area (Å²) in [6.07, 6.45) is 4.34. The summed E-state index contributed by atoms with van der Waals surface area (Å²) >= 11 is 0. The molecule has 0 bridgehead atoms. The molecule has 1 heterocycles. The minimum Gasteiger partial charge on any atom is -0.491 e. The quantitative estimate of drug-likeness (QED) is 0.772. The van der Waals surface area contributed by atoms with Crippen LogP contribution in [0.15, 0.2) is 48.5 Å². The molecule has 6 nitrogen and oxygen atoms in total. The monoisotopic (exact) mass is 380 g/mol. The summed E-state index contributed by atoms with van der Waals surface area (Å²) in [5.41, 5.74) is 1.66. The number of carbonyl (C=O) groups excluding carboxylic acids is 2. The van der Waals surface area contributed by atoms with Crippen LogP contribution in [0.2, 0.25) is 0 Å². The standard InChI is InChI=1S/C22H24N2O4/c25-21(15-6-10-19(11-7-15)28-14-20-5-2-12-27-20)24-18-4-1-3-16(13-18)22(26)23-17-8-9-17/h1,3-4,6-7,10-11,13,17,20H,2,5,8-9,12,14H2,(H,23,26)(H,24,25)/t20-/m0/s1. The fourth-order valence-electron chi connectivity index (χ4n) is 3.11. The first-order chi connectivity index (χ1) is 13.7. The Morgan fingerprint density at radius 1 is 1.00 bits per heavy atom. The SMILES string of the molecule is O=C(Nc1cccc(C(=O)NC2CC2)c1)c1ccc(OC[C@@H]2CCCO2)cc1. The second kappa shape index (κ2) is 8.44. The summed E-state index contributed by atoms with van der Waals surface area (Å²) < 4.78 is 11.3. The maximum Gasteiger partial charge on any atom is 0.255 e. The van der Waals surface area contributed by atoms with Crippen LogP contribution in [0.1, 0.15) is 46.4 Å². The number of amides is 2. The third kappa shape index (κ3) is 4.89. The van der Waals surface area contributed by atoms with E-state index in [4.69, 9.17) is 9.47 Å². The molecule has 1 atom stereocenters. The topological polar surface area (TPSA) is 76.7 Å². The summed E-state index contributed by atoms with van der Waals surface area (Å²) in [7, 11) is 0. The number of ether oxygens (including phenoxy) is 2. The van der Waals surface area contributed by atoms with Gasteiger partial charge in [0, 0.05) is 29.5 Å². The molecule has 2 aliphatic rings. The van der Waals surface area contributed by atoms with Crippen LogP contribution in [0, 0.1) is 0 Å². The number of anilines is 1. The van der Waals surface area contributed by atoms with Crippen molar-refractivity contribution in [3.63, 3.8) is 0 Å². The van der Waals surface area contributed by atoms with E-state index in [-0.39, 0.29) is 17.9 Å². The van der Waals surface area contributed by atoms with E-state index in [2.05, 4.69) is 10.6 Å². The molecule has 2 fully saturated rings. The normalized spacial score (nSPS) is 18.5. The van der Waals surface area contributed by atoms with Gasteiger partial charge in [0.05, 0.1) is 6.10 Å². The third-order valence-electron chi connectivity index (χ3n) is 4.87. The molecule has 146 valence electrons. The van der Waals surface area contributed by atoms with Crippen LogP contribution in [0.25, 0.3) is 0 Å². The number of carbonyl (C=O) groups is 2. The van der Waals surface area contributed by atoms with Crippen LogP contribution >= 0.6 is 0 Å². The number of benzene rings is 2. The maximum absolute atomic E-state index is 12.5. The van der Waals surface area contributed by atoms with E-state index < -0.39 is 0 Å². The molecule has 2 amide bonds. The summed E-state index contributed by atoms with van der Waals surface area (Å²) in [5, 5.41) is 5.79. The molecule has 0 unspecified atom stereocenters. The van der Waals surface area contributed by atoms with Crippen LogP contribution in [0.3, 0.4) is 0 Å². The van der Waals surface area contributed by atoms with Gasteiger partial charge in [-0.15, -0.1) is 0 Å². The second-order valence-electron chi connectivity index (χ2n) is 7.25. The molecule has 1 aliphatic heterocycles. The summed E-state index contributed by atoms with van der Waals surface area (Å²) in [6, 6.07) is 14.3. The molecule has 0 radical (unpaired) electrons. The zero-order valence-corrected chi connectivity index (χ0v) is 15.6. The van der Waals surface area contributed by atoms with Gasteiger partial charge in [-0.05, 0) is 68.1 Å². The van der Waals surface area contributed by atoms with Gasteiger partial charge in [-0.2, -0.15) is 0 Å². The second-order valence-corrected chi connectivity index (χ2v) is 7.25. The molecule has 0 aromatic heterocycles. The van der Waals surface area contributed by atoms with Crippen molar-refractivity contribution in [3.8, 4) is 5.75 Å². The largest absolute Gasteiger partial charge is 0.491 e. The Labute approximate surface area is 164 Å². The first-order valence-corrected chi connectivity index (χ1v) is 9.74. The van der Waals surface area contributed by atoms with Gasteiger partial charge in [0.25, 0.3) is 11.8 Å². The van der Waals surface area contributed by atoms with E-state index >= 15 is 0 Å².